The van der Waals surface area contributed by atoms with Crippen molar-refractivity contribution >= 4 is 44.8 Å². The van der Waals surface area contributed by atoms with E-state index in [1.54, 1.807) is 30.3 Å². The topological polar surface area (TPSA) is 74.6 Å². The molecule has 0 unspecified atom stereocenters. The van der Waals surface area contributed by atoms with Gasteiger partial charge in [-0.2, -0.15) is 0 Å². The summed E-state index contributed by atoms with van der Waals surface area (Å²) in [6.45, 7) is 1.66. The van der Waals surface area contributed by atoms with Crippen LogP contribution in [0, 0.1) is 5.82 Å². The van der Waals surface area contributed by atoms with Crippen molar-refractivity contribution in [2.75, 3.05) is 28.6 Å². The maximum absolute atomic E-state index is 14.5. The minimum absolute atomic E-state index is 0.137. The fourth-order valence-electron chi connectivity index (χ4n) is 3.41. The summed E-state index contributed by atoms with van der Waals surface area (Å²) in [6, 6.07) is 14.4. The highest BCUT2D eigenvalue weighted by molar-refractivity contribution is 9.10. The number of amides is 2. The molecule has 1 aliphatic rings. The first-order chi connectivity index (χ1) is 14.5. The van der Waals surface area contributed by atoms with Crippen LogP contribution in [0.15, 0.2) is 63.7 Å². The van der Waals surface area contributed by atoms with E-state index in [0.717, 1.165) is 25.9 Å². The van der Waals surface area contributed by atoms with E-state index in [1.165, 1.54) is 18.2 Å². The maximum atomic E-state index is 14.5. The van der Waals surface area contributed by atoms with Crippen molar-refractivity contribution < 1.29 is 18.4 Å². The monoisotopic (exact) mass is 471 g/mol. The van der Waals surface area contributed by atoms with Gasteiger partial charge in [0, 0.05) is 24.3 Å². The lowest BCUT2D eigenvalue weighted by atomic mass is 10.1. The number of rotatable bonds is 5. The van der Waals surface area contributed by atoms with E-state index in [9.17, 15) is 14.0 Å². The van der Waals surface area contributed by atoms with Gasteiger partial charge in [0.1, 0.15) is 11.5 Å². The Morgan fingerprint density at radius 1 is 0.967 bits per heavy atom. The van der Waals surface area contributed by atoms with Crippen LogP contribution in [0.25, 0.3) is 0 Å². The number of nitrogens with one attached hydrogen (secondary N) is 2. The average Bonchev–Trinajstić information content (AvgIpc) is 3.41. The molecule has 1 aliphatic heterocycles. The van der Waals surface area contributed by atoms with Crippen LogP contribution >= 0.6 is 15.9 Å². The molecular formula is C22H19BrFN3O3. The molecule has 1 fully saturated rings. The molecule has 30 heavy (non-hydrogen) atoms. The molecule has 2 heterocycles. The third-order valence-corrected chi connectivity index (χ3v) is 5.28. The molecule has 0 bridgehead atoms. The third-order valence-electron chi connectivity index (χ3n) is 4.86. The summed E-state index contributed by atoms with van der Waals surface area (Å²) in [5, 5.41) is 5.38. The molecule has 3 aromatic rings. The highest BCUT2D eigenvalue weighted by Crippen LogP contribution is 2.31. The summed E-state index contributed by atoms with van der Waals surface area (Å²) in [5.74, 6) is -1.25. The third kappa shape index (κ3) is 4.38. The van der Waals surface area contributed by atoms with Crippen molar-refractivity contribution in [3.05, 3.63) is 76.4 Å². The fraction of sp³-hybridized carbons (Fsp3) is 0.182. The Labute approximate surface area is 181 Å². The Morgan fingerprint density at radius 2 is 1.73 bits per heavy atom. The van der Waals surface area contributed by atoms with Crippen LogP contribution in [0.3, 0.4) is 0 Å². The van der Waals surface area contributed by atoms with Gasteiger partial charge in [0.2, 0.25) is 0 Å². The first-order valence-electron chi connectivity index (χ1n) is 9.53. The summed E-state index contributed by atoms with van der Waals surface area (Å²) in [7, 11) is 0. The van der Waals surface area contributed by atoms with Crippen molar-refractivity contribution in [1.29, 1.82) is 0 Å². The number of carbonyl (C=O) groups is 2. The van der Waals surface area contributed by atoms with Crippen LogP contribution in [0.4, 0.5) is 21.5 Å². The lowest BCUT2D eigenvalue weighted by Crippen LogP contribution is -2.22. The van der Waals surface area contributed by atoms with Gasteiger partial charge in [-0.15, -0.1) is 0 Å². The number of anilines is 3. The molecule has 1 aromatic heterocycles. The predicted molar refractivity (Wildman–Crippen MR) is 117 cm³/mol. The van der Waals surface area contributed by atoms with Crippen LogP contribution in [0.5, 0.6) is 0 Å². The van der Waals surface area contributed by atoms with Gasteiger partial charge in [-0.05, 0) is 71.2 Å². The molecule has 2 aromatic carbocycles. The number of nitrogens with zero attached hydrogens (tertiary/aromatic N) is 1. The second-order valence-electron chi connectivity index (χ2n) is 6.92. The zero-order valence-corrected chi connectivity index (χ0v) is 17.5. The normalized spacial score (nSPS) is 13.3. The van der Waals surface area contributed by atoms with E-state index >= 15 is 0 Å². The van der Waals surface area contributed by atoms with Crippen LogP contribution in [0.1, 0.15) is 33.8 Å². The highest BCUT2D eigenvalue weighted by atomic mass is 79.9. The number of furan rings is 1. The van der Waals surface area contributed by atoms with Crippen LogP contribution in [-0.2, 0) is 0 Å². The summed E-state index contributed by atoms with van der Waals surface area (Å²) >= 11 is 3.15. The van der Waals surface area contributed by atoms with Gasteiger partial charge in [-0.25, -0.2) is 4.39 Å². The smallest absolute Gasteiger partial charge is 0.291 e. The molecule has 0 saturated carbocycles. The van der Waals surface area contributed by atoms with Crippen molar-refractivity contribution in [3.8, 4) is 0 Å². The van der Waals surface area contributed by atoms with E-state index in [2.05, 4.69) is 31.5 Å². The van der Waals surface area contributed by atoms with E-state index in [4.69, 9.17) is 4.42 Å². The lowest BCUT2D eigenvalue weighted by Gasteiger charge is -2.22. The van der Waals surface area contributed by atoms with Gasteiger partial charge < -0.3 is 20.0 Å². The summed E-state index contributed by atoms with van der Waals surface area (Å²) in [4.78, 5) is 27.1. The van der Waals surface area contributed by atoms with Crippen molar-refractivity contribution in [3.63, 3.8) is 0 Å². The second kappa shape index (κ2) is 8.71. The second-order valence-corrected chi connectivity index (χ2v) is 7.70. The van der Waals surface area contributed by atoms with Crippen molar-refractivity contribution in [1.82, 2.24) is 0 Å². The van der Waals surface area contributed by atoms with Crippen LogP contribution in [-0.4, -0.2) is 24.9 Å². The fourth-order valence-corrected chi connectivity index (χ4v) is 3.72. The van der Waals surface area contributed by atoms with Gasteiger partial charge in [0.15, 0.2) is 10.4 Å². The largest absolute Gasteiger partial charge is 0.444 e. The number of benzene rings is 2. The van der Waals surface area contributed by atoms with Gasteiger partial charge in [-0.1, -0.05) is 12.1 Å². The van der Waals surface area contributed by atoms with Gasteiger partial charge in [-0.3, -0.25) is 9.59 Å². The first-order valence-corrected chi connectivity index (χ1v) is 10.3. The molecule has 8 heteroatoms. The minimum Gasteiger partial charge on any atom is -0.444 e. The Kier molecular flexibility index (Phi) is 5.85. The van der Waals surface area contributed by atoms with Gasteiger partial charge in [0.05, 0.1) is 5.69 Å². The van der Waals surface area contributed by atoms with E-state index in [1.807, 2.05) is 6.07 Å². The Bertz CT molecular complexity index is 1090. The number of halogens is 2. The lowest BCUT2D eigenvalue weighted by molar-refractivity contribution is 0.0992. The molecule has 0 aliphatic carbocycles. The molecule has 0 atom stereocenters. The number of hydrogen-bond acceptors (Lipinski definition) is 4. The van der Waals surface area contributed by atoms with Crippen molar-refractivity contribution in [2.24, 2.45) is 0 Å². The molecule has 154 valence electrons. The SMILES string of the molecule is O=C(Nc1c(F)cccc1N1CCCC1)c1cccc(NC(=O)c2ccc(Br)o2)c1. The minimum atomic E-state index is -0.486. The molecule has 0 spiro atoms. The highest BCUT2D eigenvalue weighted by Gasteiger charge is 2.20. The van der Waals surface area contributed by atoms with Crippen LogP contribution < -0.4 is 15.5 Å². The zero-order valence-electron chi connectivity index (χ0n) is 16.0. The molecule has 4 rings (SSSR count). The predicted octanol–water partition coefficient (Wildman–Crippen LogP) is 5.29. The quantitative estimate of drug-likeness (QED) is 0.530. The molecule has 0 radical (unpaired) electrons. The number of hydrogen-bond donors (Lipinski definition) is 2. The van der Waals surface area contributed by atoms with Crippen molar-refractivity contribution in [2.45, 2.75) is 12.8 Å². The van der Waals surface area contributed by atoms with Gasteiger partial charge >= 0.3 is 0 Å². The Balaban J connectivity index is 1.52. The van der Waals surface area contributed by atoms with E-state index in [0.29, 0.717) is 21.6 Å². The summed E-state index contributed by atoms with van der Waals surface area (Å²) < 4.78 is 20.2. The number of carbonyl (C=O) groups excluding carboxylic acids is 2. The maximum Gasteiger partial charge on any atom is 0.291 e. The van der Waals surface area contributed by atoms with Crippen LogP contribution in [0.2, 0.25) is 0 Å². The van der Waals surface area contributed by atoms with Gasteiger partial charge in [0.25, 0.3) is 11.8 Å². The molecular weight excluding hydrogens is 453 g/mol. The zero-order chi connectivity index (χ0) is 21.1. The Hall–Kier alpha value is -3.13. The molecule has 2 N–H and O–H groups in total. The standard InChI is InChI=1S/C22H19BrFN3O3/c23-19-10-9-18(30-19)22(29)25-15-6-3-5-14(13-15)21(28)26-20-16(24)7-4-8-17(20)27-11-1-2-12-27/h3-10,13H,1-2,11-12H2,(H,25,29)(H,26,28). The summed E-state index contributed by atoms with van der Waals surface area (Å²) in [5.41, 5.74) is 1.56. The van der Waals surface area contributed by atoms with E-state index in [-0.39, 0.29) is 11.4 Å². The Morgan fingerprint density at radius 3 is 2.47 bits per heavy atom. The number of para-hydroxylation sites is 1. The average molecular weight is 472 g/mol. The summed E-state index contributed by atoms with van der Waals surface area (Å²) in [6.07, 6.45) is 2.08. The first kappa shape index (κ1) is 20.2. The molecule has 1 saturated heterocycles. The molecule has 2 amide bonds. The molecule has 6 nitrogen and oxygen atoms in total. The van der Waals surface area contributed by atoms with E-state index < -0.39 is 17.6 Å².